The van der Waals surface area contributed by atoms with E-state index in [1.165, 1.54) is 4.49 Å². The number of carbonyl (C=O) groups excluding carboxylic acids is 2. The second-order valence-electron chi connectivity index (χ2n) is 5.69. The van der Waals surface area contributed by atoms with Crippen LogP contribution in [0.2, 0.25) is 5.02 Å². The number of ether oxygens (including phenoxy) is 1. The zero-order valence-corrected chi connectivity index (χ0v) is 16.3. The number of nitrogens with two attached hydrogens (primary N) is 1. The summed E-state index contributed by atoms with van der Waals surface area (Å²) in [6, 6.07) is 5.48. The van der Waals surface area contributed by atoms with E-state index in [4.69, 9.17) is 26.4 Å². The van der Waals surface area contributed by atoms with Crippen molar-refractivity contribution < 1.29 is 31.9 Å². The van der Waals surface area contributed by atoms with Gasteiger partial charge in [0.15, 0.2) is 0 Å². The van der Waals surface area contributed by atoms with E-state index in [1.54, 1.807) is 24.3 Å². The number of alkyl carbamates (subject to hydrolysis) is 1. The van der Waals surface area contributed by atoms with Crippen molar-refractivity contribution in [1.29, 1.82) is 0 Å². The van der Waals surface area contributed by atoms with Crippen LogP contribution in [0.25, 0.3) is 0 Å². The van der Waals surface area contributed by atoms with Gasteiger partial charge in [-0.3, -0.25) is 24.1 Å². The Hall–Kier alpha value is -1.69. The first-order valence-electron chi connectivity index (χ1n) is 7.62. The van der Waals surface area contributed by atoms with Gasteiger partial charge in [0, 0.05) is 11.6 Å². The molecule has 1 aromatic carbocycles. The Bertz CT molecular complexity index is 864. The van der Waals surface area contributed by atoms with Gasteiger partial charge in [-0.15, -0.1) is 4.49 Å². The molecule has 2 rings (SSSR count). The molecule has 0 saturated carbocycles. The number of halogens is 1. The first-order chi connectivity index (χ1) is 12.5. The molecule has 0 radical (unpaired) electrons. The Balaban J connectivity index is 1.95. The van der Waals surface area contributed by atoms with E-state index in [0.717, 1.165) is 0 Å². The molecular formula is C13H18ClN4O7PS. The fourth-order valence-corrected chi connectivity index (χ4v) is 5.13. The summed E-state index contributed by atoms with van der Waals surface area (Å²) < 4.78 is 49.6. The van der Waals surface area contributed by atoms with E-state index in [-0.39, 0.29) is 19.6 Å². The molecule has 1 aliphatic heterocycles. The number of nitrogens with zero attached hydrogens (tertiary/aromatic N) is 1. The van der Waals surface area contributed by atoms with Gasteiger partial charge in [0.1, 0.15) is 12.6 Å². The molecule has 14 heteroatoms. The molecule has 0 aliphatic carbocycles. The Kier molecular flexibility index (Phi) is 6.84. The Labute approximate surface area is 160 Å². The maximum absolute atomic E-state index is 12.4. The predicted octanol–water partition coefficient (Wildman–Crippen LogP) is 1.02. The lowest BCUT2D eigenvalue weighted by Gasteiger charge is -2.35. The molecular weight excluding hydrogens is 423 g/mol. The molecule has 11 nitrogen and oxygen atoms in total. The van der Waals surface area contributed by atoms with Crippen molar-refractivity contribution in [2.75, 3.05) is 6.54 Å². The molecule has 2 amide bonds. The molecule has 1 heterocycles. The van der Waals surface area contributed by atoms with Crippen molar-refractivity contribution in [3.05, 3.63) is 34.9 Å². The van der Waals surface area contributed by atoms with Crippen LogP contribution in [0.1, 0.15) is 18.4 Å². The highest BCUT2D eigenvalue weighted by Gasteiger charge is 2.40. The van der Waals surface area contributed by atoms with E-state index >= 15 is 0 Å². The first-order valence-corrected chi connectivity index (χ1v) is 11.2. The highest BCUT2D eigenvalue weighted by molar-refractivity contribution is 7.90. The van der Waals surface area contributed by atoms with Gasteiger partial charge >= 0.3 is 24.0 Å². The molecule has 2 atom stereocenters. The van der Waals surface area contributed by atoms with Crippen molar-refractivity contribution in [1.82, 2.24) is 14.5 Å². The lowest BCUT2D eigenvalue weighted by Crippen LogP contribution is -2.53. The highest BCUT2D eigenvalue weighted by atomic mass is 35.5. The summed E-state index contributed by atoms with van der Waals surface area (Å²) >= 11 is 5.76. The number of carbonyl (C=O) groups is 2. The van der Waals surface area contributed by atoms with Gasteiger partial charge < -0.3 is 10.1 Å². The van der Waals surface area contributed by atoms with Gasteiger partial charge in [-0.1, -0.05) is 23.7 Å². The number of piperidine rings is 1. The number of amides is 2. The normalized spacial score (nSPS) is 20.0. The predicted molar refractivity (Wildman–Crippen MR) is 96.0 cm³/mol. The van der Waals surface area contributed by atoms with Gasteiger partial charge in [0.25, 0.3) is 5.91 Å². The smallest absolute Gasteiger partial charge is 0.408 e. The number of benzene rings is 1. The molecule has 1 fully saturated rings. The second-order valence-corrected chi connectivity index (χ2v) is 9.54. The van der Waals surface area contributed by atoms with E-state index in [0.29, 0.717) is 21.7 Å². The van der Waals surface area contributed by atoms with E-state index in [1.807, 2.05) is 0 Å². The molecule has 5 N–H and O–H groups in total. The monoisotopic (exact) mass is 440 g/mol. The zero-order chi connectivity index (χ0) is 20.2. The summed E-state index contributed by atoms with van der Waals surface area (Å²) in [6.45, 7) is -0.166. The van der Waals surface area contributed by atoms with E-state index < -0.39 is 35.9 Å². The SMILES string of the molecule is N[P@@](=O)(NS(=O)(=O)O)N1CCC[C@@H](NC(=O)OCc2ccc(Cl)cc2)C1=O. The molecule has 0 bridgehead atoms. The lowest BCUT2D eigenvalue weighted by atomic mass is 10.1. The summed E-state index contributed by atoms with van der Waals surface area (Å²) in [7, 11) is -9.29. The fourth-order valence-electron chi connectivity index (χ4n) is 2.42. The van der Waals surface area contributed by atoms with Crippen LogP contribution in [-0.4, -0.2) is 42.2 Å². The third kappa shape index (κ3) is 6.45. The Morgan fingerprint density at radius 1 is 1.41 bits per heavy atom. The number of hydrogen-bond acceptors (Lipinski definition) is 6. The number of nitrogens with one attached hydrogen (secondary N) is 2. The standard InChI is InChI=1S/C13H18ClN4O7PS/c14-10-5-3-9(4-6-10)8-25-13(20)16-11-2-1-7-18(12(11)19)26(15,21)17-27(22,23)24/h3-6,11H,1-2,7-8H2,(H,16,20)(H3,15,17,21)(H,22,23,24)/t11-,26-/m1/s1. The average Bonchev–Trinajstić information content (AvgIpc) is 2.54. The summed E-state index contributed by atoms with van der Waals surface area (Å²) in [5.41, 5.74) is 6.04. The zero-order valence-electron chi connectivity index (χ0n) is 13.9. The van der Waals surface area contributed by atoms with Crippen LogP contribution in [0.15, 0.2) is 24.3 Å². The molecule has 0 unspecified atom stereocenters. The van der Waals surface area contributed by atoms with Crippen molar-refractivity contribution >= 4 is 41.5 Å². The van der Waals surface area contributed by atoms with Crippen LogP contribution in [0.5, 0.6) is 0 Å². The van der Waals surface area contributed by atoms with Crippen molar-refractivity contribution in [2.45, 2.75) is 25.5 Å². The van der Waals surface area contributed by atoms with Crippen molar-refractivity contribution in [3.8, 4) is 0 Å². The van der Waals surface area contributed by atoms with Gasteiger partial charge in [-0.05, 0) is 30.5 Å². The highest BCUT2D eigenvalue weighted by Crippen LogP contribution is 2.40. The molecule has 0 aromatic heterocycles. The lowest BCUT2D eigenvalue weighted by molar-refractivity contribution is -0.130. The Morgan fingerprint density at radius 3 is 2.63 bits per heavy atom. The first kappa shape index (κ1) is 21.6. The molecule has 1 saturated heterocycles. The van der Waals surface area contributed by atoms with Crippen LogP contribution in [0.3, 0.4) is 0 Å². The topological polar surface area (TPSA) is 168 Å². The molecule has 0 spiro atoms. The molecule has 1 aromatic rings. The largest absolute Gasteiger partial charge is 0.445 e. The summed E-state index contributed by atoms with van der Waals surface area (Å²) in [5.74, 6) is -0.855. The molecule has 1 aliphatic rings. The third-order valence-electron chi connectivity index (χ3n) is 3.60. The second kappa shape index (κ2) is 8.55. The minimum Gasteiger partial charge on any atom is -0.445 e. The maximum atomic E-state index is 12.4. The van der Waals surface area contributed by atoms with Crippen LogP contribution < -0.4 is 15.3 Å². The summed E-state index contributed by atoms with van der Waals surface area (Å²) in [5, 5.41) is 2.85. The molecule has 27 heavy (non-hydrogen) atoms. The summed E-state index contributed by atoms with van der Waals surface area (Å²) in [6.07, 6.45) is -0.376. The van der Waals surface area contributed by atoms with Crippen LogP contribution in [0, 0.1) is 0 Å². The van der Waals surface area contributed by atoms with Gasteiger partial charge in [0.05, 0.1) is 0 Å². The van der Waals surface area contributed by atoms with E-state index in [9.17, 15) is 22.6 Å². The van der Waals surface area contributed by atoms with Gasteiger partial charge in [0.2, 0.25) is 0 Å². The molecule has 150 valence electrons. The van der Waals surface area contributed by atoms with Crippen LogP contribution >= 0.6 is 19.2 Å². The van der Waals surface area contributed by atoms with Crippen molar-refractivity contribution in [2.24, 2.45) is 5.50 Å². The summed E-state index contributed by atoms with van der Waals surface area (Å²) in [4.78, 5) is 24.3. The Morgan fingerprint density at radius 2 is 2.04 bits per heavy atom. The maximum Gasteiger partial charge on any atom is 0.408 e. The minimum atomic E-state index is -4.89. The average molecular weight is 441 g/mol. The van der Waals surface area contributed by atoms with E-state index in [2.05, 4.69) is 5.32 Å². The van der Waals surface area contributed by atoms with Crippen LogP contribution in [0.4, 0.5) is 4.79 Å². The van der Waals surface area contributed by atoms with Gasteiger partial charge in [-0.2, -0.15) is 8.42 Å². The van der Waals surface area contributed by atoms with Gasteiger partial charge in [-0.25, -0.2) is 4.79 Å². The third-order valence-corrected chi connectivity index (χ3v) is 6.93. The number of hydrogen-bond donors (Lipinski definition) is 4. The van der Waals surface area contributed by atoms with Crippen LogP contribution in [-0.2, 0) is 31.0 Å². The number of rotatable bonds is 6. The van der Waals surface area contributed by atoms with Crippen molar-refractivity contribution in [3.63, 3.8) is 0 Å². The fraction of sp³-hybridized carbons (Fsp3) is 0.385. The minimum absolute atomic E-state index is 0.0622. The quantitative estimate of drug-likeness (QED) is 0.375.